The van der Waals surface area contributed by atoms with Crippen molar-refractivity contribution in [1.29, 1.82) is 0 Å². The Morgan fingerprint density at radius 2 is 2.25 bits per heavy atom. The Labute approximate surface area is 137 Å². The number of hydrogen-bond donors (Lipinski definition) is 1. The predicted molar refractivity (Wildman–Crippen MR) is 85.4 cm³/mol. The van der Waals surface area contributed by atoms with Gasteiger partial charge in [-0.2, -0.15) is 5.10 Å². The summed E-state index contributed by atoms with van der Waals surface area (Å²) < 4.78 is 21.9. The van der Waals surface area contributed by atoms with E-state index >= 15 is 0 Å². The summed E-state index contributed by atoms with van der Waals surface area (Å²) in [5.74, 6) is 0.196. The number of likely N-dealkylation sites (N-methyl/N-ethyl adjacent to an activating group) is 1. The van der Waals surface area contributed by atoms with Crippen molar-refractivity contribution in [2.45, 2.75) is 6.54 Å². The normalized spacial score (nSPS) is 10.6. The van der Waals surface area contributed by atoms with Gasteiger partial charge in [0.15, 0.2) is 11.6 Å². The summed E-state index contributed by atoms with van der Waals surface area (Å²) in [6.07, 6.45) is 6.78. The Balaban J connectivity index is 1.95. The molecule has 0 atom stereocenters. The van der Waals surface area contributed by atoms with Gasteiger partial charge in [0.05, 0.1) is 19.0 Å². The van der Waals surface area contributed by atoms with E-state index in [1.54, 1.807) is 48.5 Å². The second-order valence-corrected chi connectivity index (χ2v) is 5.04. The minimum atomic E-state index is -0.433. The Morgan fingerprint density at radius 3 is 3.00 bits per heavy atom. The van der Waals surface area contributed by atoms with Crippen LogP contribution in [0.3, 0.4) is 0 Å². The van der Waals surface area contributed by atoms with Gasteiger partial charge in [0.25, 0.3) is 0 Å². The van der Waals surface area contributed by atoms with E-state index in [9.17, 15) is 9.18 Å². The van der Waals surface area contributed by atoms with Gasteiger partial charge in [-0.15, -0.1) is 0 Å². The standard InChI is InChI=1S/C16H16FN5O2/c1-18-15(23)10-21-9-12(8-20-21)22-6-5-19-16(22)11-3-4-13(17)14(7-11)24-2/h3-9H,10H2,1-2H3,(H,18,23). The van der Waals surface area contributed by atoms with Crippen molar-refractivity contribution >= 4 is 5.91 Å². The topological polar surface area (TPSA) is 74.0 Å². The molecule has 3 rings (SSSR count). The molecule has 0 fully saturated rings. The number of nitrogens with one attached hydrogen (secondary N) is 1. The van der Waals surface area contributed by atoms with E-state index in [-0.39, 0.29) is 18.2 Å². The van der Waals surface area contributed by atoms with Gasteiger partial charge < -0.3 is 10.1 Å². The first-order chi connectivity index (χ1) is 11.6. The molecule has 0 unspecified atom stereocenters. The fraction of sp³-hybridized carbons (Fsp3) is 0.188. The number of halogens is 1. The quantitative estimate of drug-likeness (QED) is 0.772. The van der Waals surface area contributed by atoms with Crippen molar-refractivity contribution in [3.8, 4) is 22.8 Å². The number of hydrogen-bond acceptors (Lipinski definition) is 4. The van der Waals surface area contributed by atoms with Crippen LogP contribution in [0.5, 0.6) is 5.75 Å². The van der Waals surface area contributed by atoms with Crippen molar-refractivity contribution in [2.75, 3.05) is 14.2 Å². The SMILES string of the molecule is CNC(=O)Cn1cc(-n2ccnc2-c2ccc(F)c(OC)c2)cn1. The molecule has 1 aromatic carbocycles. The Hall–Kier alpha value is -3.16. The number of benzene rings is 1. The van der Waals surface area contributed by atoms with E-state index in [0.717, 1.165) is 5.69 Å². The largest absolute Gasteiger partial charge is 0.494 e. The van der Waals surface area contributed by atoms with Gasteiger partial charge in [-0.3, -0.25) is 14.0 Å². The Morgan fingerprint density at radius 1 is 1.42 bits per heavy atom. The maximum Gasteiger partial charge on any atom is 0.241 e. The lowest BCUT2D eigenvalue weighted by Crippen LogP contribution is -2.23. The molecule has 0 bridgehead atoms. The number of nitrogens with zero attached hydrogens (tertiary/aromatic N) is 4. The molecule has 0 spiro atoms. The average molecular weight is 329 g/mol. The number of imidazole rings is 1. The fourth-order valence-corrected chi connectivity index (χ4v) is 2.31. The summed E-state index contributed by atoms with van der Waals surface area (Å²) in [6, 6.07) is 4.55. The molecular formula is C16H16FN5O2. The monoisotopic (exact) mass is 329 g/mol. The molecule has 124 valence electrons. The van der Waals surface area contributed by atoms with Crippen LogP contribution in [0.2, 0.25) is 0 Å². The first-order valence-electron chi connectivity index (χ1n) is 7.23. The van der Waals surface area contributed by atoms with E-state index in [2.05, 4.69) is 15.4 Å². The summed E-state index contributed by atoms with van der Waals surface area (Å²) >= 11 is 0. The highest BCUT2D eigenvalue weighted by molar-refractivity contribution is 5.75. The molecule has 0 saturated carbocycles. The average Bonchev–Trinajstić information content (AvgIpc) is 3.24. The molecule has 3 aromatic rings. The number of rotatable bonds is 5. The van der Waals surface area contributed by atoms with Crippen molar-refractivity contribution in [1.82, 2.24) is 24.6 Å². The minimum Gasteiger partial charge on any atom is -0.494 e. The van der Waals surface area contributed by atoms with Crippen LogP contribution in [0.4, 0.5) is 4.39 Å². The third kappa shape index (κ3) is 2.98. The van der Waals surface area contributed by atoms with E-state index in [4.69, 9.17) is 4.74 Å². The summed E-state index contributed by atoms with van der Waals surface area (Å²) in [7, 11) is 2.99. The smallest absolute Gasteiger partial charge is 0.241 e. The summed E-state index contributed by atoms with van der Waals surface area (Å²) in [6.45, 7) is 0.130. The lowest BCUT2D eigenvalue weighted by molar-refractivity contribution is -0.121. The van der Waals surface area contributed by atoms with Gasteiger partial charge in [-0.25, -0.2) is 9.37 Å². The van der Waals surface area contributed by atoms with Crippen molar-refractivity contribution < 1.29 is 13.9 Å². The van der Waals surface area contributed by atoms with Crippen LogP contribution in [0.15, 0.2) is 43.0 Å². The number of carbonyl (C=O) groups excluding carboxylic acids is 1. The van der Waals surface area contributed by atoms with Crippen molar-refractivity contribution in [2.24, 2.45) is 0 Å². The summed E-state index contributed by atoms with van der Waals surface area (Å²) in [5.41, 5.74) is 1.45. The zero-order chi connectivity index (χ0) is 17.1. The third-order valence-corrected chi connectivity index (χ3v) is 3.53. The molecule has 8 heteroatoms. The van der Waals surface area contributed by atoms with Gasteiger partial charge in [-0.05, 0) is 18.2 Å². The summed E-state index contributed by atoms with van der Waals surface area (Å²) in [5, 5.41) is 6.71. The molecule has 1 amide bonds. The van der Waals surface area contributed by atoms with Gasteiger partial charge in [-0.1, -0.05) is 0 Å². The zero-order valence-electron chi connectivity index (χ0n) is 13.2. The maximum absolute atomic E-state index is 13.6. The molecule has 24 heavy (non-hydrogen) atoms. The molecule has 2 aromatic heterocycles. The lowest BCUT2D eigenvalue weighted by Gasteiger charge is -2.08. The van der Waals surface area contributed by atoms with E-state index in [1.807, 2.05) is 0 Å². The van der Waals surface area contributed by atoms with Crippen LogP contribution in [0.25, 0.3) is 17.1 Å². The molecule has 0 aliphatic heterocycles. The molecule has 0 radical (unpaired) electrons. The zero-order valence-corrected chi connectivity index (χ0v) is 13.2. The van der Waals surface area contributed by atoms with E-state index in [0.29, 0.717) is 11.4 Å². The second-order valence-electron chi connectivity index (χ2n) is 5.04. The van der Waals surface area contributed by atoms with Gasteiger partial charge >= 0.3 is 0 Å². The lowest BCUT2D eigenvalue weighted by atomic mass is 10.2. The molecule has 1 N–H and O–H groups in total. The van der Waals surface area contributed by atoms with Crippen LogP contribution < -0.4 is 10.1 Å². The van der Waals surface area contributed by atoms with Crippen molar-refractivity contribution in [3.05, 3.63) is 48.8 Å². The number of aromatic nitrogens is 4. The second kappa shape index (κ2) is 6.53. The molecular weight excluding hydrogens is 313 g/mol. The number of amides is 1. The molecule has 0 aliphatic rings. The molecule has 2 heterocycles. The number of methoxy groups -OCH3 is 1. The van der Waals surface area contributed by atoms with Gasteiger partial charge in [0, 0.05) is 31.2 Å². The van der Waals surface area contributed by atoms with Crippen molar-refractivity contribution in [3.63, 3.8) is 0 Å². The molecule has 0 aliphatic carbocycles. The first kappa shape index (κ1) is 15.7. The predicted octanol–water partition coefficient (Wildman–Crippen LogP) is 1.63. The highest BCUT2D eigenvalue weighted by Gasteiger charge is 2.13. The highest BCUT2D eigenvalue weighted by Crippen LogP contribution is 2.26. The fourth-order valence-electron chi connectivity index (χ4n) is 2.31. The molecule has 0 saturated heterocycles. The minimum absolute atomic E-state index is 0.130. The maximum atomic E-state index is 13.6. The number of carbonyl (C=O) groups is 1. The van der Waals surface area contributed by atoms with Crippen LogP contribution in [0.1, 0.15) is 0 Å². The van der Waals surface area contributed by atoms with E-state index < -0.39 is 5.82 Å². The van der Waals surface area contributed by atoms with Crippen LogP contribution >= 0.6 is 0 Å². The Kier molecular flexibility index (Phi) is 4.28. The third-order valence-electron chi connectivity index (χ3n) is 3.53. The van der Waals surface area contributed by atoms with Crippen LogP contribution in [0, 0.1) is 5.82 Å². The summed E-state index contributed by atoms with van der Waals surface area (Å²) in [4.78, 5) is 15.8. The highest BCUT2D eigenvalue weighted by atomic mass is 19.1. The van der Waals surface area contributed by atoms with Crippen LogP contribution in [-0.2, 0) is 11.3 Å². The molecule has 7 nitrogen and oxygen atoms in total. The van der Waals surface area contributed by atoms with Gasteiger partial charge in [0.1, 0.15) is 12.4 Å². The first-order valence-corrected chi connectivity index (χ1v) is 7.23. The van der Waals surface area contributed by atoms with E-state index in [1.165, 1.54) is 17.9 Å². The Bertz CT molecular complexity index is 871. The van der Waals surface area contributed by atoms with Crippen LogP contribution in [-0.4, -0.2) is 39.4 Å². The number of ether oxygens (including phenoxy) is 1. The van der Waals surface area contributed by atoms with Gasteiger partial charge in [0.2, 0.25) is 5.91 Å².